The highest BCUT2D eigenvalue weighted by Crippen LogP contribution is 2.06. The summed E-state index contributed by atoms with van der Waals surface area (Å²) in [6.07, 6.45) is 9.55. The second-order valence-corrected chi connectivity index (χ2v) is 4.54. The number of hydrogen-bond acceptors (Lipinski definition) is 2. The standard InChI is InChI=1S/C14H30N2.C2H6.2H2/c1-4-15-12-10-8-6-5-7-9-11-13-16-14(2)3;1-2;;/h15-16H,2,4-13H2,1,3H3;1-2H3;2*1H. The van der Waals surface area contributed by atoms with E-state index in [0.29, 0.717) is 0 Å². The van der Waals surface area contributed by atoms with Crippen LogP contribution in [-0.2, 0) is 0 Å². The van der Waals surface area contributed by atoms with Crippen molar-refractivity contribution in [1.82, 2.24) is 10.6 Å². The molecule has 0 atom stereocenters. The van der Waals surface area contributed by atoms with Crippen LogP contribution in [0.3, 0.4) is 0 Å². The van der Waals surface area contributed by atoms with Crippen molar-refractivity contribution >= 4 is 0 Å². The maximum absolute atomic E-state index is 3.82. The van der Waals surface area contributed by atoms with E-state index in [0.717, 1.165) is 18.8 Å². The van der Waals surface area contributed by atoms with E-state index in [1.165, 1.54) is 51.5 Å². The van der Waals surface area contributed by atoms with Crippen molar-refractivity contribution in [3.63, 3.8) is 0 Å². The first-order valence-electron chi connectivity index (χ1n) is 7.87. The first-order valence-corrected chi connectivity index (χ1v) is 7.87. The molecule has 0 heterocycles. The molecule has 0 spiro atoms. The molecule has 2 nitrogen and oxygen atoms in total. The van der Waals surface area contributed by atoms with Gasteiger partial charge in [-0.3, -0.25) is 0 Å². The van der Waals surface area contributed by atoms with Crippen molar-refractivity contribution in [3.8, 4) is 0 Å². The van der Waals surface area contributed by atoms with Gasteiger partial charge in [0, 0.05) is 15.1 Å². The van der Waals surface area contributed by atoms with Crippen molar-refractivity contribution in [3.05, 3.63) is 12.3 Å². The molecule has 0 bridgehead atoms. The zero-order valence-electron chi connectivity index (χ0n) is 13.3. The Morgan fingerprint density at radius 3 is 1.78 bits per heavy atom. The summed E-state index contributed by atoms with van der Waals surface area (Å²) in [5.74, 6) is 0. The fraction of sp³-hybridized carbons (Fsp3) is 0.875. The molecule has 0 aliphatic rings. The van der Waals surface area contributed by atoms with E-state index < -0.39 is 0 Å². The molecule has 18 heavy (non-hydrogen) atoms. The van der Waals surface area contributed by atoms with Gasteiger partial charge in [0.1, 0.15) is 0 Å². The van der Waals surface area contributed by atoms with Crippen LogP contribution < -0.4 is 10.6 Å². The molecule has 114 valence electrons. The lowest BCUT2D eigenvalue weighted by Gasteiger charge is -2.05. The summed E-state index contributed by atoms with van der Waals surface area (Å²) in [5, 5.41) is 6.63. The van der Waals surface area contributed by atoms with Crippen LogP contribution in [0.4, 0.5) is 0 Å². The van der Waals surface area contributed by atoms with Crippen LogP contribution in [0, 0.1) is 0 Å². The molecular weight excluding hydrogens is 220 g/mol. The van der Waals surface area contributed by atoms with Crippen LogP contribution in [0.5, 0.6) is 0 Å². The highest BCUT2D eigenvalue weighted by Gasteiger charge is 1.92. The molecule has 0 aromatic rings. The van der Waals surface area contributed by atoms with Gasteiger partial charge in [0.25, 0.3) is 0 Å². The lowest BCUT2D eigenvalue weighted by Crippen LogP contribution is -2.13. The lowest BCUT2D eigenvalue weighted by atomic mass is 10.1. The first kappa shape index (κ1) is 19.8. The number of unbranched alkanes of at least 4 members (excludes halogenated alkanes) is 6. The van der Waals surface area contributed by atoms with Crippen molar-refractivity contribution in [1.29, 1.82) is 0 Å². The van der Waals surface area contributed by atoms with Gasteiger partial charge in [-0.1, -0.05) is 59.5 Å². The SMILES string of the molecule is C=C(C)NCCCCCCCCCNCC.CC.[HH].[HH]. The molecule has 0 amide bonds. The summed E-state index contributed by atoms with van der Waals surface area (Å²) in [5.41, 5.74) is 1.09. The Labute approximate surface area is 119 Å². The highest BCUT2D eigenvalue weighted by molar-refractivity contribution is 4.83. The van der Waals surface area contributed by atoms with Gasteiger partial charge in [-0.2, -0.15) is 0 Å². The predicted molar refractivity (Wildman–Crippen MR) is 89.3 cm³/mol. The molecule has 0 radical (unpaired) electrons. The van der Waals surface area contributed by atoms with Gasteiger partial charge in [0.2, 0.25) is 0 Å². The van der Waals surface area contributed by atoms with Crippen LogP contribution in [0.2, 0.25) is 0 Å². The molecule has 0 fully saturated rings. The molecule has 0 aliphatic carbocycles. The third-order valence-corrected chi connectivity index (χ3v) is 2.71. The normalized spacial score (nSPS) is 9.56. The van der Waals surface area contributed by atoms with E-state index in [-0.39, 0.29) is 2.85 Å². The number of rotatable bonds is 12. The second-order valence-electron chi connectivity index (χ2n) is 4.54. The average molecular weight is 261 g/mol. The average Bonchev–Trinajstić information content (AvgIpc) is 2.38. The Morgan fingerprint density at radius 1 is 0.889 bits per heavy atom. The van der Waals surface area contributed by atoms with Gasteiger partial charge in [-0.25, -0.2) is 0 Å². The number of hydrogen-bond donors (Lipinski definition) is 2. The molecule has 0 saturated heterocycles. The largest absolute Gasteiger partial charge is 0.389 e. The van der Waals surface area contributed by atoms with Crippen LogP contribution >= 0.6 is 0 Å². The monoisotopic (exact) mass is 260 g/mol. The summed E-state index contributed by atoms with van der Waals surface area (Å²) >= 11 is 0. The molecule has 2 heteroatoms. The Kier molecular flexibility index (Phi) is 20.8. The fourth-order valence-electron chi connectivity index (χ4n) is 1.74. The maximum atomic E-state index is 3.82. The van der Waals surface area contributed by atoms with Gasteiger partial charge in [-0.05, 0) is 32.9 Å². The fourth-order valence-corrected chi connectivity index (χ4v) is 1.74. The first-order chi connectivity index (χ1) is 8.77. The van der Waals surface area contributed by atoms with Crippen LogP contribution in [0.1, 0.15) is 75.5 Å². The Hall–Kier alpha value is -0.500. The van der Waals surface area contributed by atoms with E-state index in [1.807, 2.05) is 20.8 Å². The Bertz CT molecular complexity index is 165. The minimum absolute atomic E-state index is 0. The second kappa shape index (κ2) is 18.9. The van der Waals surface area contributed by atoms with E-state index in [2.05, 4.69) is 24.1 Å². The third-order valence-electron chi connectivity index (χ3n) is 2.71. The van der Waals surface area contributed by atoms with Gasteiger partial charge in [0.15, 0.2) is 0 Å². The van der Waals surface area contributed by atoms with Crippen molar-refractivity contribution in [2.45, 2.75) is 72.6 Å². The molecule has 0 rings (SSSR count). The quantitative estimate of drug-likeness (QED) is 0.484. The summed E-state index contributed by atoms with van der Waals surface area (Å²) in [7, 11) is 0. The molecule has 2 N–H and O–H groups in total. The smallest absolute Gasteiger partial charge is 0.0143 e. The van der Waals surface area contributed by atoms with Gasteiger partial charge in [-0.15, -0.1) is 0 Å². The minimum atomic E-state index is 0. The van der Waals surface area contributed by atoms with Gasteiger partial charge < -0.3 is 10.6 Å². The summed E-state index contributed by atoms with van der Waals surface area (Å²) in [6.45, 7) is 15.4. The van der Waals surface area contributed by atoms with Crippen molar-refractivity contribution < 1.29 is 2.85 Å². The topological polar surface area (TPSA) is 24.1 Å². The molecular formula is C16H40N2. The highest BCUT2D eigenvalue weighted by atomic mass is 14.9. The van der Waals surface area contributed by atoms with Crippen LogP contribution in [-0.4, -0.2) is 19.6 Å². The zero-order chi connectivity index (χ0) is 14.1. The summed E-state index contributed by atoms with van der Waals surface area (Å²) in [6, 6.07) is 0. The molecule has 0 aromatic heterocycles. The zero-order valence-corrected chi connectivity index (χ0v) is 13.3. The number of allylic oxidation sites excluding steroid dienone is 1. The minimum Gasteiger partial charge on any atom is -0.389 e. The summed E-state index contributed by atoms with van der Waals surface area (Å²) in [4.78, 5) is 0. The van der Waals surface area contributed by atoms with Crippen molar-refractivity contribution in [2.75, 3.05) is 19.6 Å². The van der Waals surface area contributed by atoms with E-state index >= 15 is 0 Å². The van der Waals surface area contributed by atoms with Gasteiger partial charge >= 0.3 is 0 Å². The third kappa shape index (κ3) is 20.9. The molecule has 0 unspecified atom stereocenters. The van der Waals surface area contributed by atoms with Gasteiger partial charge in [0.05, 0.1) is 0 Å². The predicted octanol–water partition coefficient (Wildman–Crippen LogP) is 4.97. The number of nitrogens with one attached hydrogen (secondary N) is 2. The van der Waals surface area contributed by atoms with Crippen LogP contribution in [0.15, 0.2) is 12.3 Å². The summed E-state index contributed by atoms with van der Waals surface area (Å²) < 4.78 is 0. The van der Waals surface area contributed by atoms with E-state index in [4.69, 9.17) is 0 Å². The van der Waals surface area contributed by atoms with E-state index in [9.17, 15) is 0 Å². The van der Waals surface area contributed by atoms with Crippen LogP contribution in [0.25, 0.3) is 0 Å². The van der Waals surface area contributed by atoms with Crippen molar-refractivity contribution in [2.24, 2.45) is 0 Å². The molecule has 0 saturated carbocycles. The maximum Gasteiger partial charge on any atom is 0.0143 e. The molecule has 0 aliphatic heterocycles. The lowest BCUT2D eigenvalue weighted by molar-refractivity contribution is 0.557. The van der Waals surface area contributed by atoms with E-state index in [1.54, 1.807) is 0 Å². The molecule has 0 aromatic carbocycles. The Balaban J connectivity index is -0.000000304. The Morgan fingerprint density at radius 2 is 1.33 bits per heavy atom.